The van der Waals surface area contributed by atoms with Gasteiger partial charge in [-0.05, 0) is 36.0 Å². The summed E-state index contributed by atoms with van der Waals surface area (Å²) in [5.74, 6) is 0. The van der Waals surface area contributed by atoms with Crippen LogP contribution in [-0.4, -0.2) is 24.0 Å². The van der Waals surface area contributed by atoms with Gasteiger partial charge in [0.25, 0.3) is 0 Å². The third-order valence-corrected chi connectivity index (χ3v) is 4.91. The maximum Gasteiger partial charge on any atom is 0.0234 e. The topological polar surface area (TPSA) is 29.3 Å². The van der Waals surface area contributed by atoms with Gasteiger partial charge in [0.05, 0.1) is 0 Å². The van der Waals surface area contributed by atoms with E-state index in [1.165, 1.54) is 15.6 Å². The Hall–Kier alpha value is -0.0900. The molecule has 0 saturated carbocycles. The molecule has 1 aliphatic rings. The van der Waals surface area contributed by atoms with E-state index in [9.17, 15) is 0 Å². The van der Waals surface area contributed by atoms with Gasteiger partial charge in [-0.2, -0.15) is 0 Å². The van der Waals surface area contributed by atoms with Crippen LogP contribution in [0.5, 0.6) is 0 Å². The standard InChI is InChI=1S/C15H23BrN2.ClH/c1-11-8-12(4-5-13(11)16)9-18-7-6-14(17)15(2,3)10-18;/h4-5,8,14H,6-7,9-10,17H2,1-3H3;1H. The second-order valence-corrected chi connectivity index (χ2v) is 7.03. The second-order valence-electron chi connectivity index (χ2n) is 6.18. The van der Waals surface area contributed by atoms with E-state index in [1.807, 2.05) is 0 Å². The van der Waals surface area contributed by atoms with E-state index in [0.29, 0.717) is 6.04 Å². The van der Waals surface area contributed by atoms with Gasteiger partial charge in [-0.3, -0.25) is 4.90 Å². The minimum absolute atomic E-state index is 0. The Morgan fingerprint density at radius 1 is 1.42 bits per heavy atom. The van der Waals surface area contributed by atoms with Gasteiger partial charge in [0.2, 0.25) is 0 Å². The van der Waals surface area contributed by atoms with Crippen LogP contribution in [-0.2, 0) is 6.54 Å². The molecule has 1 aromatic rings. The molecule has 2 nitrogen and oxygen atoms in total. The van der Waals surface area contributed by atoms with Crippen LogP contribution in [0.2, 0.25) is 0 Å². The summed E-state index contributed by atoms with van der Waals surface area (Å²) in [6.07, 6.45) is 1.10. The van der Waals surface area contributed by atoms with Gasteiger partial charge in [0.15, 0.2) is 0 Å². The molecule has 0 amide bonds. The molecule has 0 bridgehead atoms. The fourth-order valence-corrected chi connectivity index (χ4v) is 2.93. The first-order valence-corrected chi connectivity index (χ1v) is 7.41. The van der Waals surface area contributed by atoms with Crippen molar-refractivity contribution in [2.75, 3.05) is 13.1 Å². The molecule has 1 saturated heterocycles. The zero-order valence-corrected chi connectivity index (χ0v) is 14.4. The van der Waals surface area contributed by atoms with Crippen LogP contribution in [0.4, 0.5) is 0 Å². The number of likely N-dealkylation sites (tertiary alicyclic amines) is 1. The summed E-state index contributed by atoms with van der Waals surface area (Å²) in [6.45, 7) is 9.92. The SMILES string of the molecule is Cc1cc(CN2CCC(N)C(C)(C)C2)ccc1Br.Cl. The summed E-state index contributed by atoms with van der Waals surface area (Å²) < 4.78 is 1.19. The molecule has 1 heterocycles. The molecule has 19 heavy (non-hydrogen) atoms. The summed E-state index contributed by atoms with van der Waals surface area (Å²) in [7, 11) is 0. The molecule has 2 N–H and O–H groups in total. The third-order valence-electron chi connectivity index (χ3n) is 4.02. The molecule has 2 rings (SSSR count). The first-order chi connectivity index (χ1) is 8.38. The summed E-state index contributed by atoms with van der Waals surface area (Å²) in [4.78, 5) is 2.52. The molecule has 1 atom stereocenters. The van der Waals surface area contributed by atoms with Crippen LogP contribution in [0.3, 0.4) is 0 Å². The summed E-state index contributed by atoms with van der Waals surface area (Å²) in [5, 5.41) is 0. The van der Waals surface area contributed by atoms with Crippen LogP contribution in [0.1, 0.15) is 31.4 Å². The van der Waals surface area contributed by atoms with Crippen LogP contribution >= 0.6 is 28.3 Å². The number of nitrogens with two attached hydrogens (primary N) is 1. The van der Waals surface area contributed by atoms with Gasteiger partial charge in [0.1, 0.15) is 0 Å². The number of hydrogen-bond donors (Lipinski definition) is 1. The summed E-state index contributed by atoms with van der Waals surface area (Å²) in [5.41, 5.74) is 9.10. The Kier molecular flexibility index (Phi) is 5.87. The molecule has 0 aliphatic carbocycles. The summed E-state index contributed by atoms with van der Waals surface area (Å²) in [6, 6.07) is 6.95. The van der Waals surface area contributed by atoms with E-state index < -0.39 is 0 Å². The Morgan fingerprint density at radius 3 is 2.68 bits per heavy atom. The summed E-state index contributed by atoms with van der Waals surface area (Å²) >= 11 is 3.55. The lowest BCUT2D eigenvalue weighted by molar-refractivity contribution is 0.0899. The Labute approximate surface area is 131 Å². The number of benzene rings is 1. The van der Waals surface area contributed by atoms with Crippen molar-refractivity contribution in [2.45, 2.75) is 39.8 Å². The number of aryl methyl sites for hydroxylation is 1. The number of piperidine rings is 1. The maximum atomic E-state index is 6.18. The van der Waals surface area contributed by atoms with Crippen LogP contribution in [0.15, 0.2) is 22.7 Å². The largest absolute Gasteiger partial charge is 0.327 e. The van der Waals surface area contributed by atoms with E-state index in [2.05, 4.69) is 59.8 Å². The molecule has 0 aromatic heterocycles. The van der Waals surface area contributed by atoms with Crippen molar-refractivity contribution in [1.29, 1.82) is 0 Å². The van der Waals surface area contributed by atoms with Gasteiger partial charge in [-0.25, -0.2) is 0 Å². The van der Waals surface area contributed by atoms with E-state index in [0.717, 1.165) is 26.1 Å². The van der Waals surface area contributed by atoms with Crippen LogP contribution in [0.25, 0.3) is 0 Å². The van der Waals surface area contributed by atoms with Gasteiger partial charge in [-0.15, -0.1) is 12.4 Å². The maximum absolute atomic E-state index is 6.18. The Bertz CT molecular complexity index is 434. The molecular weight excluding hydrogens is 324 g/mol. The number of halogens is 2. The molecule has 108 valence electrons. The predicted octanol–water partition coefficient (Wildman–Crippen LogP) is 3.74. The van der Waals surface area contributed by atoms with Crippen molar-refractivity contribution in [3.63, 3.8) is 0 Å². The predicted molar refractivity (Wildman–Crippen MR) is 87.8 cm³/mol. The Morgan fingerprint density at radius 2 is 2.11 bits per heavy atom. The van der Waals surface area contributed by atoms with Crippen molar-refractivity contribution < 1.29 is 0 Å². The molecule has 0 radical (unpaired) electrons. The highest BCUT2D eigenvalue weighted by atomic mass is 79.9. The van der Waals surface area contributed by atoms with Crippen molar-refractivity contribution >= 4 is 28.3 Å². The molecular formula is C15H24BrClN2. The number of hydrogen-bond acceptors (Lipinski definition) is 2. The van der Waals surface area contributed by atoms with E-state index >= 15 is 0 Å². The fourth-order valence-electron chi connectivity index (χ4n) is 2.68. The average Bonchev–Trinajstić information content (AvgIpc) is 2.28. The van der Waals surface area contributed by atoms with Gasteiger partial charge >= 0.3 is 0 Å². The first-order valence-electron chi connectivity index (χ1n) is 6.61. The lowest BCUT2D eigenvalue weighted by atomic mass is 9.79. The van der Waals surface area contributed by atoms with Crippen molar-refractivity contribution in [2.24, 2.45) is 11.1 Å². The number of nitrogens with zero attached hydrogens (tertiary/aromatic N) is 1. The average molecular weight is 348 g/mol. The minimum Gasteiger partial charge on any atom is -0.327 e. The zero-order chi connectivity index (χ0) is 13.3. The monoisotopic (exact) mass is 346 g/mol. The normalized spacial score (nSPS) is 22.9. The fraction of sp³-hybridized carbons (Fsp3) is 0.600. The van der Waals surface area contributed by atoms with Crippen LogP contribution < -0.4 is 5.73 Å². The van der Waals surface area contributed by atoms with E-state index in [1.54, 1.807) is 0 Å². The molecule has 1 aromatic carbocycles. The molecule has 4 heteroatoms. The highest BCUT2D eigenvalue weighted by Crippen LogP contribution is 2.29. The zero-order valence-electron chi connectivity index (χ0n) is 11.9. The van der Waals surface area contributed by atoms with Gasteiger partial charge in [0, 0.05) is 30.1 Å². The van der Waals surface area contributed by atoms with Gasteiger partial charge < -0.3 is 5.73 Å². The quantitative estimate of drug-likeness (QED) is 0.883. The van der Waals surface area contributed by atoms with Crippen molar-refractivity contribution in [1.82, 2.24) is 4.90 Å². The third kappa shape index (κ3) is 4.19. The molecule has 1 aliphatic heterocycles. The highest BCUT2D eigenvalue weighted by molar-refractivity contribution is 9.10. The lowest BCUT2D eigenvalue weighted by Crippen LogP contribution is -2.52. The second kappa shape index (κ2) is 6.57. The van der Waals surface area contributed by atoms with Crippen LogP contribution in [0, 0.1) is 12.3 Å². The minimum atomic E-state index is 0. The van der Waals surface area contributed by atoms with E-state index in [4.69, 9.17) is 5.73 Å². The Balaban J connectivity index is 0.00000180. The molecule has 1 fully saturated rings. The van der Waals surface area contributed by atoms with E-state index in [-0.39, 0.29) is 17.8 Å². The first kappa shape index (κ1) is 17.0. The van der Waals surface area contributed by atoms with Gasteiger partial charge in [-0.1, -0.05) is 41.9 Å². The number of rotatable bonds is 2. The molecule has 1 unspecified atom stereocenters. The lowest BCUT2D eigenvalue weighted by Gasteiger charge is -2.42. The highest BCUT2D eigenvalue weighted by Gasteiger charge is 2.33. The smallest absolute Gasteiger partial charge is 0.0234 e. The van der Waals surface area contributed by atoms with Crippen molar-refractivity contribution in [3.05, 3.63) is 33.8 Å². The van der Waals surface area contributed by atoms with Crippen molar-refractivity contribution in [3.8, 4) is 0 Å². The molecule has 0 spiro atoms.